The molecule has 0 bridgehead atoms. The summed E-state index contributed by atoms with van der Waals surface area (Å²) in [5.74, 6) is -2.13. The molecule has 1 heterocycles. The van der Waals surface area contributed by atoms with Crippen LogP contribution in [-0.2, 0) is 0 Å². The minimum absolute atomic E-state index is 0.170. The Balaban J connectivity index is 2.29. The van der Waals surface area contributed by atoms with Gasteiger partial charge in [-0.05, 0) is 6.92 Å². The van der Waals surface area contributed by atoms with E-state index in [4.69, 9.17) is 0 Å². The van der Waals surface area contributed by atoms with Gasteiger partial charge in [-0.15, -0.1) is 0 Å². The highest BCUT2D eigenvalue weighted by atomic mass is 19.1. The molecular weight excluding hydrogens is 270 g/mol. The van der Waals surface area contributed by atoms with Crippen molar-refractivity contribution in [2.75, 3.05) is 5.32 Å². The lowest BCUT2D eigenvalue weighted by Crippen LogP contribution is -2.10. The van der Waals surface area contributed by atoms with Crippen molar-refractivity contribution in [3.8, 4) is 0 Å². The Morgan fingerprint density at radius 2 is 2.05 bits per heavy atom. The number of nitro groups is 1. The van der Waals surface area contributed by atoms with Gasteiger partial charge < -0.3 is 5.32 Å². The van der Waals surface area contributed by atoms with E-state index in [1.165, 1.54) is 18.6 Å². The fourth-order valence-electron chi connectivity index (χ4n) is 1.63. The van der Waals surface area contributed by atoms with Crippen molar-refractivity contribution in [2.24, 2.45) is 0 Å². The average molecular weight is 280 g/mol. The van der Waals surface area contributed by atoms with Crippen molar-refractivity contribution in [3.05, 3.63) is 58.2 Å². The first-order valence-electron chi connectivity index (χ1n) is 5.65. The predicted molar refractivity (Wildman–Crippen MR) is 67.1 cm³/mol. The summed E-state index contributed by atoms with van der Waals surface area (Å²) in [7, 11) is 0. The van der Waals surface area contributed by atoms with Crippen molar-refractivity contribution in [3.63, 3.8) is 0 Å². The molecular formula is C12H10F2N4O2. The van der Waals surface area contributed by atoms with E-state index >= 15 is 0 Å². The first-order valence-corrected chi connectivity index (χ1v) is 5.65. The van der Waals surface area contributed by atoms with Gasteiger partial charge in [0.25, 0.3) is 0 Å². The fourth-order valence-corrected chi connectivity index (χ4v) is 1.63. The SMILES string of the molecule is CC(Nc1cc([N+](=O)[O-])c(F)cc1F)c1cnccn1. The van der Waals surface area contributed by atoms with Crippen LogP contribution in [0, 0.1) is 21.7 Å². The summed E-state index contributed by atoms with van der Waals surface area (Å²) in [5, 5.41) is 13.3. The second kappa shape index (κ2) is 5.55. The zero-order chi connectivity index (χ0) is 14.7. The van der Waals surface area contributed by atoms with Crippen LogP contribution in [0.25, 0.3) is 0 Å². The molecule has 0 amide bonds. The molecule has 0 saturated carbocycles. The van der Waals surface area contributed by atoms with Crippen LogP contribution >= 0.6 is 0 Å². The molecule has 8 heteroatoms. The van der Waals surface area contributed by atoms with Crippen LogP contribution in [0.3, 0.4) is 0 Å². The highest BCUT2D eigenvalue weighted by Gasteiger charge is 2.19. The first kappa shape index (κ1) is 13.8. The van der Waals surface area contributed by atoms with Gasteiger partial charge in [-0.2, -0.15) is 4.39 Å². The summed E-state index contributed by atoms with van der Waals surface area (Å²) < 4.78 is 26.8. The van der Waals surface area contributed by atoms with Crippen LogP contribution in [-0.4, -0.2) is 14.9 Å². The molecule has 104 valence electrons. The number of benzene rings is 1. The molecule has 1 aromatic carbocycles. The molecule has 20 heavy (non-hydrogen) atoms. The van der Waals surface area contributed by atoms with Crippen LogP contribution in [0.15, 0.2) is 30.7 Å². The number of nitrogens with zero attached hydrogens (tertiary/aromatic N) is 3. The molecule has 0 saturated heterocycles. The number of halogens is 2. The number of hydrogen-bond acceptors (Lipinski definition) is 5. The van der Waals surface area contributed by atoms with Crippen LogP contribution in [0.4, 0.5) is 20.2 Å². The van der Waals surface area contributed by atoms with Gasteiger partial charge in [0.05, 0.1) is 28.5 Å². The van der Waals surface area contributed by atoms with Gasteiger partial charge in [-0.1, -0.05) is 0 Å². The van der Waals surface area contributed by atoms with Crippen LogP contribution in [0.5, 0.6) is 0 Å². The van der Waals surface area contributed by atoms with E-state index in [2.05, 4.69) is 15.3 Å². The molecule has 6 nitrogen and oxygen atoms in total. The zero-order valence-electron chi connectivity index (χ0n) is 10.4. The lowest BCUT2D eigenvalue weighted by molar-refractivity contribution is -0.387. The number of aromatic nitrogens is 2. The molecule has 0 aliphatic carbocycles. The van der Waals surface area contributed by atoms with E-state index in [1.807, 2.05) is 0 Å². The lowest BCUT2D eigenvalue weighted by atomic mass is 10.2. The summed E-state index contributed by atoms with van der Waals surface area (Å²) in [6.07, 6.45) is 4.43. The maximum absolute atomic E-state index is 13.6. The predicted octanol–water partition coefficient (Wildman–Crippen LogP) is 2.84. The molecule has 2 aromatic rings. The summed E-state index contributed by atoms with van der Waals surface area (Å²) in [6.45, 7) is 1.68. The average Bonchev–Trinajstić information content (AvgIpc) is 2.42. The van der Waals surface area contributed by atoms with Crippen LogP contribution in [0.2, 0.25) is 0 Å². The fraction of sp³-hybridized carbons (Fsp3) is 0.167. The van der Waals surface area contributed by atoms with E-state index in [0.717, 1.165) is 6.07 Å². The standard InChI is InChI=1S/C12H10F2N4O2/c1-7(11-6-15-2-3-16-11)17-10-5-12(18(19)20)9(14)4-8(10)13/h2-7,17H,1H3. The zero-order valence-corrected chi connectivity index (χ0v) is 10.4. The van der Waals surface area contributed by atoms with Crippen molar-refractivity contribution < 1.29 is 13.7 Å². The molecule has 0 radical (unpaired) electrons. The quantitative estimate of drug-likeness (QED) is 0.688. The monoisotopic (exact) mass is 280 g/mol. The minimum atomic E-state index is -1.22. The van der Waals surface area contributed by atoms with Gasteiger partial charge in [-0.3, -0.25) is 20.1 Å². The maximum atomic E-state index is 13.6. The van der Waals surface area contributed by atoms with Crippen LogP contribution < -0.4 is 5.32 Å². The second-order valence-corrected chi connectivity index (χ2v) is 4.04. The molecule has 1 atom stereocenters. The Bertz CT molecular complexity index is 637. The molecule has 2 rings (SSSR count). The number of rotatable bonds is 4. The van der Waals surface area contributed by atoms with Crippen LogP contribution in [0.1, 0.15) is 18.7 Å². The largest absolute Gasteiger partial charge is 0.374 e. The van der Waals surface area contributed by atoms with E-state index in [-0.39, 0.29) is 5.69 Å². The van der Waals surface area contributed by atoms with Crippen molar-refractivity contribution in [1.29, 1.82) is 0 Å². The van der Waals surface area contributed by atoms with Gasteiger partial charge in [0.2, 0.25) is 5.82 Å². The number of hydrogen-bond donors (Lipinski definition) is 1. The van der Waals surface area contributed by atoms with E-state index in [9.17, 15) is 18.9 Å². The maximum Gasteiger partial charge on any atom is 0.307 e. The Morgan fingerprint density at radius 1 is 1.30 bits per heavy atom. The third-order valence-corrected chi connectivity index (χ3v) is 2.63. The molecule has 1 unspecified atom stereocenters. The molecule has 0 spiro atoms. The summed E-state index contributed by atoms with van der Waals surface area (Å²) in [6, 6.07) is 0.852. The Labute approximate surface area is 112 Å². The lowest BCUT2D eigenvalue weighted by Gasteiger charge is -2.14. The van der Waals surface area contributed by atoms with Gasteiger partial charge in [0, 0.05) is 24.5 Å². The highest BCUT2D eigenvalue weighted by molar-refractivity contribution is 5.53. The third kappa shape index (κ3) is 2.85. The Hall–Kier alpha value is -2.64. The third-order valence-electron chi connectivity index (χ3n) is 2.63. The van der Waals surface area contributed by atoms with E-state index in [1.54, 1.807) is 6.92 Å². The molecule has 1 N–H and O–H groups in total. The normalized spacial score (nSPS) is 11.9. The number of anilines is 1. The van der Waals surface area contributed by atoms with Gasteiger partial charge >= 0.3 is 5.69 Å². The molecule has 1 aromatic heterocycles. The van der Waals surface area contributed by atoms with Gasteiger partial charge in [0.1, 0.15) is 5.82 Å². The second-order valence-electron chi connectivity index (χ2n) is 4.04. The van der Waals surface area contributed by atoms with E-state index in [0.29, 0.717) is 11.8 Å². The highest BCUT2D eigenvalue weighted by Crippen LogP contribution is 2.27. The number of nitro benzene ring substituents is 1. The Morgan fingerprint density at radius 3 is 2.65 bits per heavy atom. The summed E-state index contributed by atoms with van der Waals surface area (Å²) in [5.41, 5.74) is -0.435. The summed E-state index contributed by atoms with van der Waals surface area (Å²) in [4.78, 5) is 17.6. The van der Waals surface area contributed by atoms with Crippen molar-refractivity contribution >= 4 is 11.4 Å². The van der Waals surface area contributed by atoms with Crippen molar-refractivity contribution in [1.82, 2.24) is 9.97 Å². The Kier molecular flexibility index (Phi) is 3.83. The smallest absolute Gasteiger partial charge is 0.307 e. The van der Waals surface area contributed by atoms with E-state index < -0.39 is 28.3 Å². The molecule has 0 fully saturated rings. The number of nitrogens with one attached hydrogen (secondary N) is 1. The summed E-state index contributed by atoms with van der Waals surface area (Å²) >= 11 is 0. The van der Waals surface area contributed by atoms with Gasteiger partial charge in [-0.25, -0.2) is 4.39 Å². The topological polar surface area (TPSA) is 81.0 Å². The molecule has 0 aliphatic rings. The molecule has 0 aliphatic heterocycles. The first-order chi connectivity index (χ1) is 9.49. The van der Waals surface area contributed by atoms with Gasteiger partial charge in [0.15, 0.2) is 0 Å². The minimum Gasteiger partial charge on any atom is -0.374 e. The van der Waals surface area contributed by atoms with Crippen molar-refractivity contribution in [2.45, 2.75) is 13.0 Å².